The second kappa shape index (κ2) is 7.74. The standard InChI is InChI=1S/C20H21ClN2O2S/c1-12-5-6-15(13(2)11-12)19(24)22-20-23(9-10-25-4)18-14(3)16(21)7-8-17(18)26-20/h5-8,11H,9-10H2,1-4H3. The zero-order valence-corrected chi connectivity index (χ0v) is 16.9. The number of halogens is 1. The Labute approximate surface area is 161 Å². The molecule has 0 atom stereocenters. The van der Waals surface area contributed by atoms with Gasteiger partial charge in [-0.3, -0.25) is 4.79 Å². The lowest BCUT2D eigenvalue weighted by molar-refractivity contribution is 0.0996. The Bertz CT molecular complexity index is 1050. The molecular weight excluding hydrogens is 368 g/mol. The molecule has 0 N–H and O–H groups in total. The molecule has 2 aromatic carbocycles. The fraction of sp³-hybridized carbons (Fsp3) is 0.300. The van der Waals surface area contributed by atoms with E-state index in [4.69, 9.17) is 16.3 Å². The summed E-state index contributed by atoms with van der Waals surface area (Å²) in [5, 5.41) is 0.703. The van der Waals surface area contributed by atoms with Crippen molar-refractivity contribution >= 4 is 39.1 Å². The van der Waals surface area contributed by atoms with Crippen molar-refractivity contribution in [2.24, 2.45) is 4.99 Å². The van der Waals surface area contributed by atoms with Crippen LogP contribution in [0.2, 0.25) is 5.02 Å². The van der Waals surface area contributed by atoms with Gasteiger partial charge in [-0.25, -0.2) is 0 Å². The molecule has 1 aromatic heterocycles. The van der Waals surface area contributed by atoms with Gasteiger partial charge in [0.2, 0.25) is 0 Å². The van der Waals surface area contributed by atoms with Gasteiger partial charge in [0.1, 0.15) is 0 Å². The first-order valence-electron chi connectivity index (χ1n) is 8.36. The summed E-state index contributed by atoms with van der Waals surface area (Å²) in [4.78, 5) is 17.9. The lowest BCUT2D eigenvalue weighted by atomic mass is 10.1. The van der Waals surface area contributed by atoms with E-state index in [-0.39, 0.29) is 5.91 Å². The third kappa shape index (κ3) is 3.61. The van der Waals surface area contributed by atoms with E-state index >= 15 is 0 Å². The number of aryl methyl sites for hydroxylation is 3. The van der Waals surface area contributed by atoms with Gasteiger partial charge >= 0.3 is 0 Å². The Morgan fingerprint density at radius 1 is 1.23 bits per heavy atom. The number of carbonyl (C=O) groups excluding carboxylic acids is 1. The van der Waals surface area contributed by atoms with Crippen LogP contribution in [0, 0.1) is 20.8 Å². The van der Waals surface area contributed by atoms with Crippen molar-refractivity contribution in [3.8, 4) is 0 Å². The number of aromatic nitrogens is 1. The van der Waals surface area contributed by atoms with Crippen LogP contribution in [-0.2, 0) is 11.3 Å². The van der Waals surface area contributed by atoms with Gasteiger partial charge in [-0.2, -0.15) is 4.99 Å². The number of amides is 1. The molecule has 6 heteroatoms. The second-order valence-electron chi connectivity index (χ2n) is 6.28. The Kier molecular flexibility index (Phi) is 5.61. The summed E-state index contributed by atoms with van der Waals surface area (Å²) in [6, 6.07) is 9.62. The molecule has 4 nitrogen and oxygen atoms in total. The van der Waals surface area contributed by atoms with Crippen molar-refractivity contribution in [2.75, 3.05) is 13.7 Å². The highest BCUT2D eigenvalue weighted by Gasteiger charge is 2.13. The molecule has 0 aliphatic carbocycles. The number of methoxy groups -OCH3 is 1. The van der Waals surface area contributed by atoms with Crippen LogP contribution in [0.25, 0.3) is 10.2 Å². The Balaban J connectivity index is 2.18. The van der Waals surface area contributed by atoms with Gasteiger partial charge < -0.3 is 9.30 Å². The van der Waals surface area contributed by atoms with E-state index in [9.17, 15) is 4.79 Å². The van der Waals surface area contributed by atoms with Gasteiger partial charge in [-0.15, -0.1) is 0 Å². The molecule has 26 heavy (non-hydrogen) atoms. The predicted molar refractivity (Wildman–Crippen MR) is 107 cm³/mol. The summed E-state index contributed by atoms with van der Waals surface area (Å²) in [5.74, 6) is -0.232. The molecule has 1 heterocycles. The lowest BCUT2D eigenvalue weighted by Gasteiger charge is -2.08. The normalized spacial score (nSPS) is 12.1. The van der Waals surface area contributed by atoms with E-state index in [1.807, 2.05) is 55.7 Å². The fourth-order valence-electron chi connectivity index (χ4n) is 2.99. The largest absolute Gasteiger partial charge is 0.383 e. The maximum absolute atomic E-state index is 12.8. The molecular formula is C20H21ClN2O2S. The van der Waals surface area contributed by atoms with Gasteiger partial charge in [0.25, 0.3) is 5.91 Å². The molecule has 0 aliphatic rings. The molecule has 0 radical (unpaired) electrons. The maximum Gasteiger partial charge on any atom is 0.279 e. The minimum absolute atomic E-state index is 0.232. The van der Waals surface area contributed by atoms with E-state index in [1.54, 1.807) is 7.11 Å². The number of rotatable bonds is 4. The zero-order chi connectivity index (χ0) is 18.8. The maximum atomic E-state index is 12.8. The van der Waals surface area contributed by atoms with Gasteiger partial charge in [0.05, 0.1) is 16.8 Å². The van der Waals surface area contributed by atoms with E-state index in [0.29, 0.717) is 28.5 Å². The summed E-state index contributed by atoms with van der Waals surface area (Å²) >= 11 is 7.79. The fourth-order valence-corrected chi connectivity index (χ4v) is 4.26. The van der Waals surface area contributed by atoms with Crippen LogP contribution in [0.1, 0.15) is 27.0 Å². The van der Waals surface area contributed by atoms with Crippen molar-refractivity contribution in [1.29, 1.82) is 0 Å². The van der Waals surface area contributed by atoms with E-state index in [2.05, 4.69) is 4.99 Å². The van der Waals surface area contributed by atoms with E-state index < -0.39 is 0 Å². The number of carbonyl (C=O) groups is 1. The highest BCUT2D eigenvalue weighted by Crippen LogP contribution is 2.27. The summed E-state index contributed by atoms with van der Waals surface area (Å²) in [6.07, 6.45) is 0. The number of fused-ring (bicyclic) bond motifs is 1. The predicted octanol–water partition coefficient (Wildman–Crippen LogP) is 4.67. The van der Waals surface area contributed by atoms with Crippen LogP contribution in [0.15, 0.2) is 35.3 Å². The minimum atomic E-state index is -0.232. The van der Waals surface area contributed by atoms with Crippen LogP contribution in [0.4, 0.5) is 0 Å². The van der Waals surface area contributed by atoms with Crippen LogP contribution < -0.4 is 4.80 Å². The Morgan fingerprint density at radius 2 is 2.00 bits per heavy atom. The van der Waals surface area contributed by atoms with Crippen molar-refractivity contribution in [1.82, 2.24) is 4.57 Å². The highest BCUT2D eigenvalue weighted by atomic mass is 35.5. The second-order valence-corrected chi connectivity index (χ2v) is 7.70. The molecule has 0 saturated heterocycles. The Hall–Kier alpha value is -1.95. The quantitative estimate of drug-likeness (QED) is 0.651. The third-order valence-corrected chi connectivity index (χ3v) is 5.81. The summed E-state index contributed by atoms with van der Waals surface area (Å²) in [6.45, 7) is 7.06. The van der Waals surface area contributed by atoms with Gasteiger partial charge in [0.15, 0.2) is 4.80 Å². The first kappa shape index (κ1) is 18.8. The van der Waals surface area contributed by atoms with E-state index in [1.165, 1.54) is 11.3 Å². The number of ether oxygens (including phenoxy) is 1. The summed E-state index contributed by atoms with van der Waals surface area (Å²) in [5.41, 5.74) is 4.67. The summed E-state index contributed by atoms with van der Waals surface area (Å²) < 4.78 is 8.31. The molecule has 1 amide bonds. The van der Waals surface area contributed by atoms with Crippen molar-refractivity contribution in [3.05, 3.63) is 62.4 Å². The van der Waals surface area contributed by atoms with Crippen molar-refractivity contribution in [2.45, 2.75) is 27.3 Å². The van der Waals surface area contributed by atoms with Crippen LogP contribution in [0.5, 0.6) is 0 Å². The average Bonchev–Trinajstić information content (AvgIpc) is 2.94. The van der Waals surface area contributed by atoms with Gasteiger partial charge in [-0.1, -0.05) is 40.6 Å². The molecule has 3 rings (SSSR count). The SMILES string of the molecule is COCCn1c(=NC(=O)c2ccc(C)cc2C)sc2ccc(Cl)c(C)c21. The number of hydrogen-bond donors (Lipinski definition) is 0. The molecule has 3 aromatic rings. The van der Waals surface area contributed by atoms with Crippen LogP contribution in [0.3, 0.4) is 0 Å². The molecule has 0 aliphatic heterocycles. The topological polar surface area (TPSA) is 43.6 Å². The van der Waals surface area contributed by atoms with Crippen molar-refractivity contribution in [3.63, 3.8) is 0 Å². The number of nitrogens with zero attached hydrogens (tertiary/aromatic N) is 2. The first-order valence-corrected chi connectivity index (χ1v) is 9.55. The molecule has 0 saturated carbocycles. The minimum Gasteiger partial charge on any atom is -0.383 e. The summed E-state index contributed by atoms with van der Waals surface area (Å²) in [7, 11) is 1.66. The molecule has 0 unspecified atom stereocenters. The number of benzene rings is 2. The number of thiazole rings is 1. The van der Waals surface area contributed by atoms with Gasteiger partial charge in [-0.05, 0) is 50.1 Å². The molecule has 0 fully saturated rings. The average molecular weight is 389 g/mol. The Morgan fingerprint density at radius 3 is 2.69 bits per heavy atom. The number of hydrogen-bond acceptors (Lipinski definition) is 3. The lowest BCUT2D eigenvalue weighted by Crippen LogP contribution is -2.20. The monoisotopic (exact) mass is 388 g/mol. The van der Waals surface area contributed by atoms with Gasteiger partial charge in [0, 0.05) is 24.2 Å². The van der Waals surface area contributed by atoms with Crippen LogP contribution in [-0.4, -0.2) is 24.2 Å². The molecule has 0 spiro atoms. The zero-order valence-electron chi connectivity index (χ0n) is 15.3. The van der Waals surface area contributed by atoms with Crippen molar-refractivity contribution < 1.29 is 9.53 Å². The first-order chi connectivity index (χ1) is 12.4. The van der Waals surface area contributed by atoms with E-state index in [0.717, 1.165) is 26.9 Å². The highest BCUT2D eigenvalue weighted by molar-refractivity contribution is 7.16. The molecule has 136 valence electrons. The van der Waals surface area contributed by atoms with Crippen LogP contribution >= 0.6 is 22.9 Å². The smallest absolute Gasteiger partial charge is 0.279 e. The third-order valence-electron chi connectivity index (χ3n) is 4.36. The molecule has 0 bridgehead atoms.